The van der Waals surface area contributed by atoms with E-state index in [4.69, 9.17) is 0 Å². The molecule has 0 aliphatic rings. The molecule has 4 rings (SSSR count). The highest BCUT2D eigenvalue weighted by molar-refractivity contribution is 6.08. The number of ketones is 2. The smallest absolute Gasteiger partial charge is 0.300 e. The van der Waals surface area contributed by atoms with Gasteiger partial charge in [0.2, 0.25) is 0 Å². The van der Waals surface area contributed by atoms with Crippen LogP contribution in [0.25, 0.3) is 12.2 Å². The number of carbonyl (C=O) groups is 2. The summed E-state index contributed by atoms with van der Waals surface area (Å²) >= 11 is 0. The van der Waals surface area contributed by atoms with Crippen LogP contribution in [0.1, 0.15) is 81.8 Å². The molecule has 0 aliphatic carbocycles. The van der Waals surface area contributed by atoms with E-state index < -0.39 is 34.1 Å². The normalized spacial score (nSPS) is 11.5. The number of nitrogens with zero attached hydrogens (tertiary/aromatic N) is 4. The highest BCUT2D eigenvalue weighted by Crippen LogP contribution is 2.15. The van der Waals surface area contributed by atoms with E-state index in [1.165, 1.54) is 35.4 Å². The number of carbonyl (C=O) groups excluding carboxylic acids is 2. The minimum atomic E-state index is -0.602. The molecule has 0 unspecified atom stereocenters. The number of unbranched alkanes of at least 4 members (excludes halogenated alkanes) is 5. The second-order valence-corrected chi connectivity index (χ2v) is 11.9. The van der Waals surface area contributed by atoms with E-state index in [0.29, 0.717) is 37.1 Å². The first-order chi connectivity index (χ1) is 23.0. The van der Waals surface area contributed by atoms with Gasteiger partial charge in [-0.3, -0.25) is 37.4 Å². The number of allylic oxidation sites excluding steroid dienone is 2. The molecule has 0 atom stereocenters. The van der Waals surface area contributed by atoms with Crippen LogP contribution in [0.15, 0.2) is 92.0 Å². The Kier molecular flexibility index (Phi) is 12.2. The zero-order valence-electron chi connectivity index (χ0n) is 28.0. The van der Waals surface area contributed by atoms with E-state index in [2.05, 4.69) is 0 Å². The van der Waals surface area contributed by atoms with Crippen LogP contribution in [-0.2, 0) is 41.0 Å². The van der Waals surface area contributed by atoms with Crippen molar-refractivity contribution in [2.24, 2.45) is 28.2 Å². The van der Waals surface area contributed by atoms with Gasteiger partial charge in [0.25, 0.3) is 11.1 Å². The second-order valence-electron chi connectivity index (χ2n) is 11.9. The Bertz CT molecular complexity index is 1930. The Morgan fingerprint density at radius 1 is 0.500 bits per heavy atom. The summed E-state index contributed by atoms with van der Waals surface area (Å²) in [7, 11) is 5.90. The maximum absolute atomic E-state index is 13.2. The van der Waals surface area contributed by atoms with Crippen molar-refractivity contribution in [3.05, 3.63) is 148 Å². The molecule has 0 radical (unpaired) electrons. The molecular formula is C38H42N4O6. The predicted octanol–water partition coefficient (Wildman–Crippen LogP) is 4.40. The highest BCUT2D eigenvalue weighted by Gasteiger charge is 2.21. The van der Waals surface area contributed by atoms with Crippen molar-refractivity contribution >= 4 is 23.7 Å². The molecule has 0 fully saturated rings. The summed E-state index contributed by atoms with van der Waals surface area (Å²) in [6, 6.07) is 18.6. The molecule has 10 heteroatoms. The molecule has 2 aromatic carbocycles. The van der Waals surface area contributed by atoms with Gasteiger partial charge in [0, 0.05) is 39.6 Å². The summed E-state index contributed by atoms with van der Waals surface area (Å²) in [5.74, 6) is -0.882. The predicted molar refractivity (Wildman–Crippen MR) is 189 cm³/mol. The van der Waals surface area contributed by atoms with E-state index in [9.17, 15) is 28.8 Å². The topological polar surface area (TPSA) is 122 Å². The van der Waals surface area contributed by atoms with Gasteiger partial charge < -0.3 is 0 Å². The van der Waals surface area contributed by atoms with Gasteiger partial charge in [-0.2, -0.15) is 0 Å². The lowest BCUT2D eigenvalue weighted by atomic mass is 10.0. The third-order valence-electron chi connectivity index (χ3n) is 8.60. The molecule has 4 aromatic rings. The lowest BCUT2D eigenvalue weighted by molar-refractivity contribution is 0.103. The van der Waals surface area contributed by atoms with E-state index in [-0.39, 0.29) is 11.1 Å². The third-order valence-corrected chi connectivity index (χ3v) is 8.60. The SMILES string of the molecule is Cn1c(CCCCCCCCc2c(C(=O)C=Cc3ccccc3)c(=O)n(C)c(=O)n2C)c(C(=O)C=Cc2ccccc2)c(=O)n(C)c1=O. The van der Waals surface area contributed by atoms with Gasteiger partial charge in [0.15, 0.2) is 11.6 Å². The summed E-state index contributed by atoms with van der Waals surface area (Å²) in [6.45, 7) is 0. The molecule has 0 bridgehead atoms. The van der Waals surface area contributed by atoms with Crippen molar-refractivity contribution in [3.63, 3.8) is 0 Å². The lowest BCUT2D eigenvalue weighted by Gasteiger charge is -2.14. The van der Waals surface area contributed by atoms with Crippen molar-refractivity contribution < 1.29 is 9.59 Å². The van der Waals surface area contributed by atoms with Crippen LogP contribution in [0.4, 0.5) is 0 Å². The van der Waals surface area contributed by atoms with Crippen LogP contribution < -0.4 is 22.5 Å². The first-order valence-electron chi connectivity index (χ1n) is 16.2. The summed E-state index contributed by atoms with van der Waals surface area (Å²) in [5.41, 5.74) is 0.373. The van der Waals surface area contributed by atoms with Gasteiger partial charge in [0.05, 0.1) is 0 Å². The molecule has 2 heterocycles. The van der Waals surface area contributed by atoms with Crippen LogP contribution in [-0.4, -0.2) is 29.8 Å². The van der Waals surface area contributed by atoms with E-state index >= 15 is 0 Å². The molecule has 0 aliphatic heterocycles. The minimum absolute atomic E-state index is 0.00959. The fourth-order valence-corrected chi connectivity index (χ4v) is 5.78. The van der Waals surface area contributed by atoms with E-state index in [1.807, 2.05) is 60.7 Å². The van der Waals surface area contributed by atoms with Gasteiger partial charge >= 0.3 is 11.4 Å². The van der Waals surface area contributed by atoms with Crippen LogP contribution in [0, 0.1) is 0 Å². The quantitative estimate of drug-likeness (QED) is 0.107. The monoisotopic (exact) mass is 650 g/mol. The number of rotatable bonds is 15. The maximum atomic E-state index is 13.2. The fourth-order valence-electron chi connectivity index (χ4n) is 5.78. The van der Waals surface area contributed by atoms with Crippen molar-refractivity contribution in [3.8, 4) is 0 Å². The van der Waals surface area contributed by atoms with Crippen LogP contribution in [0.5, 0.6) is 0 Å². The molecule has 2 aromatic heterocycles. The number of benzene rings is 2. The van der Waals surface area contributed by atoms with Crippen molar-refractivity contribution in [2.75, 3.05) is 0 Å². The van der Waals surface area contributed by atoms with Crippen molar-refractivity contribution in [1.29, 1.82) is 0 Å². The lowest BCUT2D eigenvalue weighted by Crippen LogP contribution is -2.42. The van der Waals surface area contributed by atoms with Crippen LogP contribution >= 0.6 is 0 Å². The average molecular weight is 651 g/mol. The minimum Gasteiger partial charge on any atom is -0.300 e. The summed E-state index contributed by atoms with van der Waals surface area (Å²) in [6.07, 6.45) is 11.6. The summed E-state index contributed by atoms with van der Waals surface area (Å²) in [5, 5.41) is 0. The third kappa shape index (κ3) is 8.31. The molecular weight excluding hydrogens is 608 g/mol. The Morgan fingerprint density at radius 2 is 0.833 bits per heavy atom. The molecule has 0 N–H and O–H groups in total. The molecule has 0 amide bonds. The summed E-state index contributed by atoms with van der Waals surface area (Å²) < 4.78 is 4.69. The first kappa shape index (κ1) is 35.5. The number of aromatic nitrogens is 4. The van der Waals surface area contributed by atoms with Gasteiger partial charge in [-0.05, 0) is 49.0 Å². The van der Waals surface area contributed by atoms with E-state index in [0.717, 1.165) is 45.9 Å². The van der Waals surface area contributed by atoms with Gasteiger partial charge in [-0.15, -0.1) is 0 Å². The first-order valence-corrected chi connectivity index (χ1v) is 16.2. The molecule has 10 nitrogen and oxygen atoms in total. The largest absolute Gasteiger partial charge is 0.330 e. The highest BCUT2D eigenvalue weighted by atomic mass is 16.2. The second kappa shape index (κ2) is 16.4. The average Bonchev–Trinajstić information content (AvgIpc) is 3.10. The zero-order valence-corrected chi connectivity index (χ0v) is 28.0. The van der Waals surface area contributed by atoms with Gasteiger partial charge in [0.1, 0.15) is 11.1 Å². The Balaban J connectivity index is 1.36. The van der Waals surface area contributed by atoms with E-state index in [1.54, 1.807) is 26.2 Å². The number of hydrogen-bond donors (Lipinski definition) is 0. The molecule has 0 spiro atoms. The number of hydrogen-bond acceptors (Lipinski definition) is 6. The van der Waals surface area contributed by atoms with Gasteiger partial charge in [-0.1, -0.05) is 98.5 Å². The Hall–Kier alpha value is -5.38. The zero-order chi connectivity index (χ0) is 34.8. The Labute approximate surface area is 278 Å². The molecule has 0 saturated carbocycles. The van der Waals surface area contributed by atoms with Crippen molar-refractivity contribution in [2.45, 2.75) is 51.4 Å². The Morgan fingerprint density at radius 3 is 1.19 bits per heavy atom. The van der Waals surface area contributed by atoms with Crippen molar-refractivity contribution in [1.82, 2.24) is 18.3 Å². The summed E-state index contributed by atoms with van der Waals surface area (Å²) in [4.78, 5) is 77.7. The fraction of sp³-hybridized carbons (Fsp3) is 0.316. The maximum Gasteiger partial charge on any atom is 0.330 e. The standard InChI is InChI=1S/C38H42N4O6/c1-39-29(33(35(45)41(3)37(39)47)31(43)25-23-27-17-11-9-12-18-27)21-15-7-5-6-8-16-22-30-34(36(46)42(4)38(48)40(30)2)32(44)26-24-28-19-13-10-14-20-28/h9-14,17-20,23-26H,5-8,15-16,21-22H2,1-4H3. The van der Waals surface area contributed by atoms with Gasteiger partial charge in [-0.25, -0.2) is 9.59 Å². The molecule has 48 heavy (non-hydrogen) atoms. The molecule has 250 valence electrons. The molecule has 0 saturated heterocycles. The van der Waals surface area contributed by atoms with Crippen LogP contribution in [0.2, 0.25) is 0 Å². The van der Waals surface area contributed by atoms with Crippen LogP contribution in [0.3, 0.4) is 0 Å².